The molecule has 96 valence electrons. The first kappa shape index (κ1) is 12.3. The van der Waals surface area contributed by atoms with Crippen LogP contribution in [0.4, 0.5) is 0 Å². The highest BCUT2D eigenvalue weighted by Crippen LogP contribution is 2.07. The fourth-order valence-corrected chi connectivity index (χ4v) is 1.98. The first-order valence-electron chi connectivity index (χ1n) is 5.79. The average molecular weight is 250 g/mol. The Morgan fingerprint density at radius 3 is 2.50 bits per heavy atom. The van der Waals surface area contributed by atoms with E-state index < -0.39 is 11.5 Å². The van der Waals surface area contributed by atoms with Crippen molar-refractivity contribution in [2.45, 2.75) is 19.4 Å². The van der Waals surface area contributed by atoms with E-state index in [9.17, 15) is 14.4 Å². The van der Waals surface area contributed by atoms with Crippen molar-refractivity contribution in [1.82, 2.24) is 9.47 Å². The van der Waals surface area contributed by atoms with Gasteiger partial charge in [0.1, 0.15) is 6.54 Å². The summed E-state index contributed by atoms with van der Waals surface area (Å²) in [6.07, 6.45) is 3.34. The first-order valence-corrected chi connectivity index (χ1v) is 5.79. The number of pyridine rings is 1. The monoisotopic (exact) mass is 250 g/mol. The highest BCUT2D eigenvalue weighted by Gasteiger charge is 2.18. The maximum absolute atomic E-state index is 11.8. The quantitative estimate of drug-likeness (QED) is 0.829. The maximum Gasteiger partial charge on any atom is 0.335 e. The zero-order chi connectivity index (χ0) is 13.1. The molecule has 0 bridgehead atoms. The van der Waals surface area contributed by atoms with Gasteiger partial charge in [-0.25, -0.2) is 4.79 Å². The van der Waals surface area contributed by atoms with E-state index in [0.29, 0.717) is 0 Å². The lowest BCUT2D eigenvalue weighted by atomic mass is 10.3. The molecule has 1 aromatic heterocycles. The molecule has 18 heavy (non-hydrogen) atoms. The molecule has 1 fully saturated rings. The van der Waals surface area contributed by atoms with Crippen LogP contribution in [0.3, 0.4) is 0 Å². The van der Waals surface area contributed by atoms with Gasteiger partial charge in [0.2, 0.25) is 5.91 Å². The lowest BCUT2D eigenvalue weighted by Crippen LogP contribution is -2.34. The van der Waals surface area contributed by atoms with Crippen LogP contribution in [0.15, 0.2) is 23.1 Å². The number of amides is 1. The largest absolute Gasteiger partial charge is 0.478 e. The van der Waals surface area contributed by atoms with Crippen LogP contribution in [0.2, 0.25) is 0 Å². The van der Waals surface area contributed by atoms with Gasteiger partial charge in [0, 0.05) is 25.4 Å². The summed E-state index contributed by atoms with van der Waals surface area (Å²) < 4.78 is 1.23. The molecular weight excluding hydrogens is 236 g/mol. The highest BCUT2D eigenvalue weighted by molar-refractivity contribution is 5.87. The smallest absolute Gasteiger partial charge is 0.335 e. The normalized spacial score (nSPS) is 14.8. The predicted octanol–water partition coefficient (Wildman–Crippen LogP) is 0.169. The van der Waals surface area contributed by atoms with E-state index in [1.807, 2.05) is 0 Å². The Bertz CT molecular complexity index is 529. The Morgan fingerprint density at radius 2 is 1.94 bits per heavy atom. The molecule has 1 aromatic rings. The van der Waals surface area contributed by atoms with Gasteiger partial charge in [0.05, 0.1) is 5.56 Å². The van der Waals surface area contributed by atoms with Gasteiger partial charge in [0.15, 0.2) is 0 Å². The number of rotatable bonds is 3. The Morgan fingerprint density at radius 1 is 1.28 bits per heavy atom. The van der Waals surface area contributed by atoms with E-state index in [0.717, 1.165) is 32.0 Å². The molecule has 0 aromatic carbocycles. The minimum Gasteiger partial charge on any atom is -0.478 e. The van der Waals surface area contributed by atoms with E-state index in [1.165, 1.54) is 16.8 Å². The van der Waals surface area contributed by atoms with Gasteiger partial charge < -0.3 is 14.6 Å². The van der Waals surface area contributed by atoms with Gasteiger partial charge in [0.25, 0.3) is 5.56 Å². The number of carboxylic acid groups (broad SMARTS) is 1. The van der Waals surface area contributed by atoms with Gasteiger partial charge in [-0.15, -0.1) is 0 Å². The molecule has 6 heteroatoms. The van der Waals surface area contributed by atoms with E-state index in [4.69, 9.17) is 5.11 Å². The van der Waals surface area contributed by atoms with Crippen LogP contribution in [-0.2, 0) is 11.3 Å². The lowest BCUT2D eigenvalue weighted by molar-refractivity contribution is -0.130. The molecule has 1 aliphatic rings. The molecule has 1 N–H and O–H groups in total. The van der Waals surface area contributed by atoms with Crippen LogP contribution < -0.4 is 5.56 Å². The zero-order valence-corrected chi connectivity index (χ0v) is 9.83. The molecule has 0 saturated carbocycles. The Hall–Kier alpha value is -2.11. The number of nitrogens with zero attached hydrogens (tertiary/aromatic N) is 2. The van der Waals surface area contributed by atoms with E-state index in [1.54, 1.807) is 4.90 Å². The summed E-state index contributed by atoms with van der Waals surface area (Å²) in [7, 11) is 0. The number of hydrogen-bond acceptors (Lipinski definition) is 3. The maximum atomic E-state index is 11.8. The highest BCUT2D eigenvalue weighted by atomic mass is 16.4. The number of carboxylic acids is 1. The molecule has 1 aliphatic heterocycles. The van der Waals surface area contributed by atoms with Crippen molar-refractivity contribution in [3.05, 3.63) is 34.2 Å². The molecule has 0 spiro atoms. The van der Waals surface area contributed by atoms with Gasteiger partial charge in [-0.2, -0.15) is 0 Å². The van der Waals surface area contributed by atoms with Crippen LogP contribution in [-0.4, -0.2) is 39.5 Å². The van der Waals surface area contributed by atoms with Crippen molar-refractivity contribution in [2.24, 2.45) is 0 Å². The molecular formula is C12H14N2O4. The van der Waals surface area contributed by atoms with Crippen molar-refractivity contribution in [2.75, 3.05) is 13.1 Å². The third kappa shape index (κ3) is 2.58. The van der Waals surface area contributed by atoms with Crippen LogP contribution in [0, 0.1) is 0 Å². The molecule has 0 radical (unpaired) electrons. The van der Waals surface area contributed by atoms with Crippen molar-refractivity contribution in [3.8, 4) is 0 Å². The standard InChI is InChI=1S/C12H14N2O4/c15-10-7-9(12(17)18)3-6-14(10)8-11(16)13-4-1-2-5-13/h3,6-7H,1-2,4-5,8H2,(H,17,18). The van der Waals surface area contributed by atoms with E-state index in [2.05, 4.69) is 0 Å². The van der Waals surface area contributed by atoms with Crippen LogP contribution in [0.25, 0.3) is 0 Å². The number of hydrogen-bond donors (Lipinski definition) is 1. The molecule has 1 saturated heterocycles. The molecule has 0 unspecified atom stereocenters. The van der Waals surface area contributed by atoms with Crippen molar-refractivity contribution < 1.29 is 14.7 Å². The average Bonchev–Trinajstić information content (AvgIpc) is 2.85. The Labute approximate surface area is 103 Å². The second-order valence-corrected chi connectivity index (χ2v) is 4.27. The second kappa shape index (κ2) is 5.03. The number of aromatic carboxylic acids is 1. The second-order valence-electron chi connectivity index (χ2n) is 4.27. The minimum atomic E-state index is -1.15. The van der Waals surface area contributed by atoms with E-state index >= 15 is 0 Å². The fraction of sp³-hybridized carbons (Fsp3) is 0.417. The van der Waals surface area contributed by atoms with Gasteiger partial charge >= 0.3 is 5.97 Å². The number of aromatic nitrogens is 1. The first-order chi connectivity index (χ1) is 8.58. The summed E-state index contributed by atoms with van der Waals surface area (Å²) in [5, 5.41) is 8.73. The predicted molar refractivity (Wildman–Crippen MR) is 63.5 cm³/mol. The third-order valence-corrected chi connectivity index (χ3v) is 3.01. The zero-order valence-electron chi connectivity index (χ0n) is 9.83. The summed E-state index contributed by atoms with van der Waals surface area (Å²) >= 11 is 0. The van der Waals surface area contributed by atoms with Gasteiger partial charge in [-0.3, -0.25) is 9.59 Å². The molecule has 2 rings (SSSR count). The van der Waals surface area contributed by atoms with Gasteiger partial charge in [-0.05, 0) is 18.9 Å². The van der Waals surface area contributed by atoms with Crippen LogP contribution in [0.5, 0.6) is 0 Å². The van der Waals surface area contributed by atoms with Crippen molar-refractivity contribution in [3.63, 3.8) is 0 Å². The number of carbonyl (C=O) groups is 2. The summed E-state index contributed by atoms with van der Waals surface area (Å²) in [6.45, 7) is 1.44. The van der Waals surface area contributed by atoms with Crippen LogP contribution >= 0.6 is 0 Å². The minimum absolute atomic E-state index is 0.0290. The molecule has 6 nitrogen and oxygen atoms in total. The van der Waals surface area contributed by atoms with Gasteiger partial charge in [-0.1, -0.05) is 0 Å². The lowest BCUT2D eigenvalue weighted by Gasteiger charge is -2.15. The summed E-state index contributed by atoms with van der Waals surface area (Å²) in [5.41, 5.74) is -0.535. The summed E-state index contributed by atoms with van der Waals surface area (Å²) in [5.74, 6) is -1.25. The van der Waals surface area contributed by atoms with Crippen LogP contribution in [0.1, 0.15) is 23.2 Å². The fourth-order valence-electron chi connectivity index (χ4n) is 1.98. The van der Waals surface area contributed by atoms with E-state index in [-0.39, 0.29) is 18.0 Å². The Kier molecular flexibility index (Phi) is 3.45. The van der Waals surface area contributed by atoms with Crippen molar-refractivity contribution >= 4 is 11.9 Å². The SMILES string of the molecule is O=C(O)c1ccn(CC(=O)N2CCCC2)c(=O)c1. The molecule has 0 atom stereocenters. The molecule has 2 heterocycles. The number of carbonyl (C=O) groups excluding carboxylic acids is 1. The Balaban J connectivity index is 2.12. The van der Waals surface area contributed by atoms with Crippen molar-refractivity contribution in [1.29, 1.82) is 0 Å². The third-order valence-electron chi connectivity index (χ3n) is 3.01. The summed E-state index contributed by atoms with van der Waals surface area (Å²) in [6, 6.07) is 2.35. The number of likely N-dealkylation sites (tertiary alicyclic amines) is 1. The molecule has 0 aliphatic carbocycles. The molecule has 1 amide bonds. The summed E-state index contributed by atoms with van der Waals surface area (Å²) in [4.78, 5) is 35.9. The topological polar surface area (TPSA) is 79.6 Å².